The smallest absolute Gasteiger partial charge is 0.251 e. The number of hydrogen-bond donors (Lipinski definition) is 0. The first-order valence-corrected chi connectivity index (χ1v) is 7.69. The first-order chi connectivity index (χ1) is 9.48. The van der Waals surface area contributed by atoms with Gasteiger partial charge in [0.25, 0.3) is 10.0 Å². The predicted molar refractivity (Wildman–Crippen MR) is 78.2 cm³/mol. The normalized spacial score (nSPS) is 11.9. The zero-order valence-corrected chi connectivity index (χ0v) is 12.1. The van der Waals surface area contributed by atoms with Crippen LogP contribution in [0.1, 0.15) is 11.3 Å². The van der Waals surface area contributed by atoms with E-state index in [1.807, 2.05) is 19.9 Å². The summed E-state index contributed by atoms with van der Waals surface area (Å²) in [5, 5.41) is 0. The summed E-state index contributed by atoms with van der Waals surface area (Å²) in [6, 6.07) is 12.1. The summed E-state index contributed by atoms with van der Waals surface area (Å²) in [6.45, 7) is 3.80. The molecule has 3 aromatic rings. The van der Waals surface area contributed by atoms with Crippen molar-refractivity contribution < 1.29 is 8.42 Å². The topological polar surface area (TPSA) is 52.0 Å². The van der Waals surface area contributed by atoms with Crippen LogP contribution in [0.2, 0.25) is 0 Å². The number of nitrogens with zero attached hydrogens (tertiary/aromatic N) is 2. The summed E-state index contributed by atoms with van der Waals surface area (Å²) in [4.78, 5) is 4.61. The fraction of sp³-hybridized carbons (Fsp3) is 0.133. The van der Waals surface area contributed by atoms with E-state index in [0.29, 0.717) is 11.0 Å². The number of rotatable bonds is 2. The summed E-state index contributed by atoms with van der Waals surface area (Å²) in [6.07, 6.45) is 1.55. The van der Waals surface area contributed by atoms with Crippen molar-refractivity contribution in [3.05, 3.63) is 59.9 Å². The van der Waals surface area contributed by atoms with Crippen molar-refractivity contribution in [3.63, 3.8) is 0 Å². The first kappa shape index (κ1) is 12.9. The zero-order chi connectivity index (χ0) is 14.3. The molecule has 5 heteroatoms. The molecule has 3 rings (SSSR count). The molecule has 0 aliphatic carbocycles. The second-order valence-electron chi connectivity index (χ2n) is 4.79. The van der Waals surface area contributed by atoms with Gasteiger partial charge in [0.15, 0.2) is 0 Å². The first-order valence-electron chi connectivity index (χ1n) is 6.25. The monoisotopic (exact) mass is 286 g/mol. The fourth-order valence-corrected chi connectivity index (χ4v) is 3.47. The summed E-state index contributed by atoms with van der Waals surface area (Å²) in [5.41, 5.74) is 3.17. The number of hydrogen-bond acceptors (Lipinski definition) is 3. The molecular weight excluding hydrogens is 272 g/mol. The van der Waals surface area contributed by atoms with Crippen molar-refractivity contribution >= 4 is 21.1 Å². The molecule has 0 saturated carbocycles. The number of pyridine rings is 1. The molecule has 0 N–H and O–H groups in total. The molecule has 102 valence electrons. The van der Waals surface area contributed by atoms with Crippen LogP contribution in [-0.4, -0.2) is 17.4 Å². The Bertz CT molecular complexity index is 878. The second kappa shape index (κ2) is 4.45. The third-order valence-corrected chi connectivity index (χ3v) is 4.93. The van der Waals surface area contributed by atoms with Gasteiger partial charge in [-0.1, -0.05) is 17.7 Å². The Labute approximate surface area is 117 Å². The molecule has 0 saturated heterocycles. The molecule has 0 bridgehead atoms. The van der Waals surface area contributed by atoms with E-state index in [-0.39, 0.29) is 4.90 Å². The van der Waals surface area contributed by atoms with Gasteiger partial charge in [0.05, 0.1) is 15.9 Å². The third-order valence-electron chi connectivity index (χ3n) is 3.22. The molecule has 0 radical (unpaired) electrons. The van der Waals surface area contributed by atoms with E-state index in [9.17, 15) is 8.42 Å². The van der Waals surface area contributed by atoms with Crippen LogP contribution in [0.4, 0.5) is 0 Å². The van der Waals surface area contributed by atoms with Crippen LogP contribution in [0, 0.1) is 13.8 Å². The van der Waals surface area contributed by atoms with Gasteiger partial charge in [-0.15, -0.1) is 0 Å². The third kappa shape index (κ3) is 2.00. The number of aromatic nitrogens is 2. The van der Waals surface area contributed by atoms with Gasteiger partial charge in [-0.05, 0) is 44.2 Å². The zero-order valence-electron chi connectivity index (χ0n) is 11.2. The molecule has 0 fully saturated rings. The highest BCUT2D eigenvalue weighted by atomic mass is 32.2. The Kier molecular flexibility index (Phi) is 2.87. The summed E-state index contributed by atoms with van der Waals surface area (Å²) < 4.78 is 26.6. The highest BCUT2D eigenvalue weighted by Gasteiger charge is 2.18. The standard InChI is InChI=1S/C15H14N2O2S/c1-11-3-6-13(7-4-11)20(18,19)17-10-9-14-15(17)8-5-12(2)16-14/h3-10H,1-2H3. The lowest BCUT2D eigenvalue weighted by Gasteiger charge is -2.07. The maximum atomic E-state index is 12.6. The molecule has 20 heavy (non-hydrogen) atoms. The molecule has 0 spiro atoms. The summed E-state index contributed by atoms with van der Waals surface area (Å²) in [7, 11) is -3.58. The van der Waals surface area contributed by atoms with E-state index in [1.54, 1.807) is 42.6 Å². The Morgan fingerprint density at radius 1 is 0.950 bits per heavy atom. The Morgan fingerprint density at radius 3 is 2.35 bits per heavy atom. The second-order valence-corrected chi connectivity index (χ2v) is 6.60. The minimum absolute atomic E-state index is 0.279. The molecule has 4 nitrogen and oxygen atoms in total. The van der Waals surface area contributed by atoms with Gasteiger partial charge in [-0.3, -0.25) is 4.98 Å². The Hall–Kier alpha value is -2.14. The Morgan fingerprint density at radius 2 is 1.65 bits per heavy atom. The van der Waals surface area contributed by atoms with Gasteiger partial charge in [-0.2, -0.15) is 0 Å². The van der Waals surface area contributed by atoms with Crippen LogP contribution < -0.4 is 0 Å². The van der Waals surface area contributed by atoms with Gasteiger partial charge in [0.2, 0.25) is 0 Å². The van der Waals surface area contributed by atoms with Gasteiger partial charge in [0, 0.05) is 11.9 Å². The molecule has 0 atom stereocenters. The average molecular weight is 286 g/mol. The van der Waals surface area contributed by atoms with Gasteiger partial charge >= 0.3 is 0 Å². The number of fused-ring (bicyclic) bond motifs is 1. The van der Waals surface area contributed by atoms with Crippen LogP contribution in [-0.2, 0) is 10.0 Å². The van der Waals surface area contributed by atoms with Crippen LogP contribution in [0.25, 0.3) is 11.0 Å². The van der Waals surface area contributed by atoms with Crippen molar-refractivity contribution in [1.82, 2.24) is 8.96 Å². The van der Waals surface area contributed by atoms with E-state index < -0.39 is 10.0 Å². The number of aryl methyl sites for hydroxylation is 2. The highest BCUT2D eigenvalue weighted by Crippen LogP contribution is 2.21. The summed E-state index contributed by atoms with van der Waals surface area (Å²) >= 11 is 0. The highest BCUT2D eigenvalue weighted by molar-refractivity contribution is 7.90. The minimum Gasteiger partial charge on any atom is -0.251 e. The Balaban J connectivity index is 2.21. The maximum Gasteiger partial charge on any atom is 0.268 e. The van der Waals surface area contributed by atoms with Crippen LogP contribution in [0.3, 0.4) is 0 Å². The molecule has 2 aromatic heterocycles. The van der Waals surface area contributed by atoms with Gasteiger partial charge < -0.3 is 0 Å². The molecule has 0 aliphatic rings. The van der Waals surface area contributed by atoms with Crippen LogP contribution in [0.15, 0.2) is 53.6 Å². The SMILES string of the molecule is Cc1ccc(S(=O)(=O)n2ccc3nc(C)ccc32)cc1. The van der Waals surface area contributed by atoms with E-state index in [0.717, 1.165) is 11.3 Å². The van der Waals surface area contributed by atoms with Crippen molar-refractivity contribution in [3.8, 4) is 0 Å². The lowest BCUT2D eigenvalue weighted by molar-refractivity contribution is 0.589. The molecule has 2 heterocycles. The largest absolute Gasteiger partial charge is 0.268 e. The fourth-order valence-electron chi connectivity index (χ4n) is 2.13. The van der Waals surface area contributed by atoms with E-state index in [4.69, 9.17) is 0 Å². The average Bonchev–Trinajstić information content (AvgIpc) is 2.82. The van der Waals surface area contributed by atoms with Crippen molar-refractivity contribution in [1.29, 1.82) is 0 Å². The van der Waals surface area contributed by atoms with E-state index >= 15 is 0 Å². The maximum absolute atomic E-state index is 12.6. The lowest BCUT2D eigenvalue weighted by Crippen LogP contribution is -2.11. The quantitative estimate of drug-likeness (QED) is 0.728. The van der Waals surface area contributed by atoms with Gasteiger partial charge in [-0.25, -0.2) is 12.4 Å². The van der Waals surface area contributed by atoms with Crippen molar-refractivity contribution in [2.45, 2.75) is 18.7 Å². The van der Waals surface area contributed by atoms with Crippen molar-refractivity contribution in [2.75, 3.05) is 0 Å². The van der Waals surface area contributed by atoms with E-state index in [2.05, 4.69) is 4.98 Å². The molecular formula is C15H14N2O2S. The molecule has 0 aliphatic heterocycles. The minimum atomic E-state index is -3.58. The lowest BCUT2D eigenvalue weighted by atomic mass is 10.2. The molecule has 0 amide bonds. The summed E-state index contributed by atoms with van der Waals surface area (Å²) in [5.74, 6) is 0. The van der Waals surface area contributed by atoms with Crippen molar-refractivity contribution in [2.24, 2.45) is 0 Å². The van der Waals surface area contributed by atoms with Gasteiger partial charge in [0.1, 0.15) is 0 Å². The number of benzene rings is 1. The van der Waals surface area contributed by atoms with Crippen LogP contribution in [0.5, 0.6) is 0 Å². The molecule has 0 unspecified atom stereocenters. The van der Waals surface area contributed by atoms with Crippen LogP contribution >= 0.6 is 0 Å². The predicted octanol–water partition coefficient (Wildman–Crippen LogP) is 2.89. The van der Waals surface area contributed by atoms with E-state index in [1.165, 1.54) is 3.97 Å². The molecule has 1 aromatic carbocycles.